The maximum Gasteiger partial charge on any atom is 0.128 e. The lowest BCUT2D eigenvalue weighted by atomic mass is 9.72. The molecule has 7 rings (SSSR count). The van der Waals surface area contributed by atoms with E-state index in [4.69, 9.17) is 23.7 Å². The highest BCUT2D eigenvalue weighted by molar-refractivity contribution is 5.70. The van der Waals surface area contributed by atoms with Gasteiger partial charge >= 0.3 is 0 Å². The van der Waals surface area contributed by atoms with E-state index in [0.29, 0.717) is 53.6 Å². The number of aliphatic hydroxyl groups excluding tert-OH is 2. The molecule has 2 heterocycles. The molecule has 5 atom stereocenters. The first-order valence-electron chi connectivity index (χ1n) is 17.6. The zero-order valence-electron chi connectivity index (χ0n) is 28.6. The quantitative estimate of drug-likeness (QED) is 0.121. The minimum Gasteiger partial charge on any atom is -0.508 e. The number of aromatic hydroxyl groups is 2. The number of hydrogen-bond donors (Lipinski definition) is 4. The molecule has 3 aliphatic rings. The molecule has 4 aromatic carbocycles. The van der Waals surface area contributed by atoms with Crippen LogP contribution in [0.1, 0.15) is 73.0 Å². The Morgan fingerprint density at radius 3 is 2.38 bits per heavy atom. The summed E-state index contributed by atoms with van der Waals surface area (Å²) in [6, 6.07) is 21.6. The van der Waals surface area contributed by atoms with Crippen molar-refractivity contribution in [1.82, 2.24) is 0 Å². The Bertz CT molecular complexity index is 1800. The summed E-state index contributed by atoms with van der Waals surface area (Å²) in [6.07, 6.45) is 3.69. The molecule has 0 bridgehead atoms. The van der Waals surface area contributed by atoms with Crippen LogP contribution < -0.4 is 18.9 Å². The summed E-state index contributed by atoms with van der Waals surface area (Å²) in [4.78, 5) is 0. The van der Waals surface area contributed by atoms with Gasteiger partial charge in [0.15, 0.2) is 0 Å². The van der Waals surface area contributed by atoms with Crippen LogP contribution in [0.4, 0.5) is 0 Å². The first-order valence-corrected chi connectivity index (χ1v) is 17.6. The van der Waals surface area contributed by atoms with Crippen molar-refractivity contribution in [3.63, 3.8) is 0 Å². The minimum absolute atomic E-state index is 0.0900. The number of phenols is 2. The van der Waals surface area contributed by atoms with Crippen LogP contribution in [0.5, 0.6) is 34.5 Å². The monoisotopic (exact) mass is 682 g/mol. The molecule has 5 unspecified atom stereocenters. The van der Waals surface area contributed by atoms with Crippen molar-refractivity contribution in [1.29, 1.82) is 0 Å². The Hall–Kier alpha value is -4.44. The van der Waals surface area contributed by atoms with Crippen molar-refractivity contribution in [2.24, 2.45) is 11.8 Å². The molecule has 264 valence electrons. The second kappa shape index (κ2) is 14.8. The smallest absolute Gasteiger partial charge is 0.128 e. The van der Waals surface area contributed by atoms with Gasteiger partial charge in [-0.2, -0.15) is 0 Å². The van der Waals surface area contributed by atoms with Gasteiger partial charge in [0, 0.05) is 48.7 Å². The molecule has 9 nitrogen and oxygen atoms in total. The van der Waals surface area contributed by atoms with Gasteiger partial charge in [0.25, 0.3) is 0 Å². The van der Waals surface area contributed by atoms with Crippen molar-refractivity contribution < 1.29 is 44.1 Å². The Labute approximate surface area is 293 Å². The summed E-state index contributed by atoms with van der Waals surface area (Å²) in [5.41, 5.74) is 4.54. The highest BCUT2D eigenvalue weighted by atomic mass is 16.5. The second-order valence-electron chi connectivity index (χ2n) is 13.7. The molecule has 4 aromatic rings. The van der Waals surface area contributed by atoms with E-state index >= 15 is 0 Å². The van der Waals surface area contributed by atoms with E-state index in [2.05, 4.69) is 0 Å². The van der Waals surface area contributed by atoms with Crippen LogP contribution in [0.15, 0.2) is 72.8 Å². The number of benzene rings is 4. The molecule has 1 saturated carbocycles. The first-order chi connectivity index (χ1) is 24.3. The van der Waals surface area contributed by atoms with Crippen LogP contribution in [-0.4, -0.2) is 60.1 Å². The normalized spacial score (nSPS) is 23.0. The van der Waals surface area contributed by atoms with Gasteiger partial charge < -0.3 is 44.1 Å². The molecular formula is C41H46O9. The average molecular weight is 683 g/mol. The van der Waals surface area contributed by atoms with Crippen molar-refractivity contribution in [3.05, 3.63) is 95.1 Å². The van der Waals surface area contributed by atoms with Crippen LogP contribution in [0.2, 0.25) is 0 Å². The van der Waals surface area contributed by atoms with Crippen molar-refractivity contribution in [2.75, 3.05) is 27.4 Å². The Kier molecular flexibility index (Phi) is 10.1. The van der Waals surface area contributed by atoms with Crippen LogP contribution >= 0.6 is 0 Å². The zero-order valence-corrected chi connectivity index (χ0v) is 28.6. The molecule has 0 saturated heterocycles. The van der Waals surface area contributed by atoms with E-state index in [0.717, 1.165) is 54.4 Å². The summed E-state index contributed by atoms with van der Waals surface area (Å²) in [6.45, 7) is 0.712. The number of phenolic OH excluding ortho intramolecular Hbond substituents is 2. The number of methoxy groups -OCH3 is 2. The van der Waals surface area contributed by atoms with E-state index in [1.165, 1.54) is 0 Å². The van der Waals surface area contributed by atoms with Gasteiger partial charge in [-0.05, 0) is 110 Å². The van der Waals surface area contributed by atoms with Gasteiger partial charge in [0.1, 0.15) is 40.6 Å². The highest BCUT2D eigenvalue weighted by Gasteiger charge is 2.47. The second-order valence-corrected chi connectivity index (χ2v) is 13.7. The molecular weight excluding hydrogens is 636 g/mol. The van der Waals surface area contributed by atoms with Gasteiger partial charge in [-0.1, -0.05) is 18.2 Å². The predicted octanol–water partition coefficient (Wildman–Crippen LogP) is 7.27. The third kappa shape index (κ3) is 6.95. The molecule has 50 heavy (non-hydrogen) atoms. The molecule has 2 aliphatic heterocycles. The lowest BCUT2D eigenvalue weighted by molar-refractivity contribution is -0.0889. The zero-order chi connectivity index (χ0) is 34.8. The van der Waals surface area contributed by atoms with Gasteiger partial charge in [-0.25, -0.2) is 0 Å². The Morgan fingerprint density at radius 1 is 0.800 bits per heavy atom. The lowest BCUT2D eigenvalue weighted by Crippen LogP contribution is -2.46. The highest BCUT2D eigenvalue weighted by Crippen LogP contribution is 2.51. The fourth-order valence-electron chi connectivity index (χ4n) is 8.02. The van der Waals surface area contributed by atoms with Crippen LogP contribution in [0.25, 0.3) is 11.1 Å². The number of ether oxygens (including phenoxy) is 5. The topological polar surface area (TPSA) is 127 Å². The van der Waals surface area contributed by atoms with Gasteiger partial charge in [0.05, 0.1) is 32.0 Å². The van der Waals surface area contributed by atoms with Crippen molar-refractivity contribution in [2.45, 2.75) is 69.4 Å². The summed E-state index contributed by atoms with van der Waals surface area (Å²) in [5, 5.41) is 45.0. The first kappa shape index (κ1) is 34.0. The summed E-state index contributed by atoms with van der Waals surface area (Å²) in [7, 11) is 3.25. The number of hydrogen-bond acceptors (Lipinski definition) is 9. The number of fused-ring (bicyclic) bond motifs is 2. The predicted molar refractivity (Wildman–Crippen MR) is 188 cm³/mol. The molecule has 1 aliphatic carbocycles. The molecule has 0 amide bonds. The van der Waals surface area contributed by atoms with Crippen LogP contribution in [0, 0.1) is 11.8 Å². The van der Waals surface area contributed by atoms with Crippen molar-refractivity contribution in [3.8, 4) is 45.6 Å². The number of rotatable bonds is 11. The molecule has 0 radical (unpaired) electrons. The summed E-state index contributed by atoms with van der Waals surface area (Å²) < 4.78 is 30.5. The Balaban J connectivity index is 1.27. The van der Waals surface area contributed by atoms with E-state index in [1.807, 2.05) is 36.4 Å². The largest absolute Gasteiger partial charge is 0.508 e. The van der Waals surface area contributed by atoms with Crippen molar-refractivity contribution >= 4 is 0 Å². The summed E-state index contributed by atoms with van der Waals surface area (Å²) >= 11 is 0. The standard InChI is InChI=1S/C41H46O9/c1-46-16-6-11-37-38(40(45)33-21-30(47-2)13-15-36(33)50-37)35-23-48-41-26(20-31(22-34(41)39(35)44)49-29-9-3-4-10-29)17-25-19-28(43)12-14-32(25)24-7-5-8-27(42)18-24/h5,7-8,12-15,18-22,29,35,37-40,42-45H,3-4,6,9-11,16-17,23H2,1-2H3. The van der Waals surface area contributed by atoms with Gasteiger partial charge in [0.2, 0.25) is 0 Å². The molecule has 4 N–H and O–H groups in total. The van der Waals surface area contributed by atoms with E-state index < -0.39 is 24.0 Å². The molecule has 0 aromatic heterocycles. The maximum absolute atomic E-state index is 12.3. The minimum atomic E-state index is -0.986. The van der Waals surface area contributed by atoms with E-state index in [1.54, 1.807) is 50.6 Å². The fraction of sp³-hybridized carbons (Fsp3) is 0.415. The third-order valence-corrected chi connectivity index (χ3v) is 10.5. The van der Waals surface area contributed by atoms with Crippen LogP contribution in [-0.2, 0) is 11.2 Å². The van der Waals surface area contributed by atoms with Gasteiger partial charge in [-0.15, -0.1) is 0 Å². The maximum atomic E-state index is 12.3. The SMILES string of the molecule is COCCCC1Oc2ccc(OC)cc2C(O)C1C1COc2c(Cc3cc(O)ccc3-c3cccc(O)c3)cc(OC3CCCC3)cc2C1O. The molecule has 1 fully saturated rings. The number of aliphatic hydroxyl groups is 2. The van der Waals surface area contributed by atoms with Gasteiger partial charge in [-0.3, -0.25) is 0 Å². The fourth-order valence-corrected chi connectivity index (χ4v) is 8.02. The summed E-state index contributed by atoms with van der Waals surface area (Å²) in [5.74, 6) is 1.74. The Morgan fingerprint density at radius 2 is 1.60 bits per heavy atom. The third-order valence-electron chi connectivity index (χ3n) is 10.5. The van der Waals surface area contributed by atoms with Crippen LogP contribution in [0.3, 0.4) is 0 Å². The lowest BCUT2D eigenvalue weighted by Gasteiger charge is -2.45. The van der Waals surface area contributed by atoms with E-state index in [-0.39, 0.29) is 30.3 Å². The van der Waals surface area contributed by atoms with E-state index in [9.17, 15) is 20.4 Å². The molecule has 9 heteroatoms. The average Bonchev–Trinajstić information content (AvgIpc) is 3.62. The molecule has 0 spiro atoms.